The lowest BCUT2D eigenvalue weighted by molar-refractivity contribution is 0.107. The molecule has 0 aliphatic heterocycles. The van der Waals surface area contributed by atoms with E-state index in [2.05, 4.69) is 24.3 Å². The number of hydrogen-bond donors (Lipinski definition) is 0. The van der Waals surface area contributed by atoms with E-state index >= 15 is 0 Å². The van der Waals surface area contributed by atoms with Crippen molar-refractivity contribution < 1.29 is 9.36 Å². The van der Waals surface area contributed by atoms with E-state index in [4.69, 9.17) is 0 Å². The van der Waals surface area contributed by atoms with Gasteiger partial charge in [-0.1, -0.05) is 59.0 Å². The summed E-state index contributed by atoms with van der Waals surface area (Å²) in [5.41, 5.74) is 4.88. The lowest BCUT2D eigenvalue weighted by Crippen LogP contribution is -2.02. The van der Waals surface area contributed by atoms with Crippen molar-refractivity contribution in [2.75, 3.05) is 6.16 Å². The Bertz CT molecular complexity index is 712. The minimum absolute atomic E-state index is 0.172. The summed E-state index contributed by atoms with van der Waals surface area (Å²) in [4.78, 5) is 12.5. The predicted octanol–water partition coefficient (Wildman–Crippen LogP) is 6.38. The van der Waals surface area contributed by atoms with Crippen LogP contribution in [-0.2, 0) is 11.0 Å². The van der Waals surface area contributed by atoms with Gasteiger partial charge in [0.15, 0.2) is 6.16 Å². The van der Waals surface area contributed by atoms with Crippen LogP contribution in [0, 0.1) is 20.8 Å². The zero-order valence-electron chi connectivity index (χ0n) is 15.5. The van der Waals surface area contributed by atoms with Gasteiger partial charge in [0, 0.05) is 0 Å². The van der Waals surface area contributed by atoms with E-state index in [-0.39, 0.29) is 5.52 Å². The molecule has 2 nitrogen and oxygen atoms in total. The molecule has 0 bridgehead atoms. The van der Waals surface area contributed by atoms with Crippen LogP contribution in [0.15, 0.2) is 42.5 Å². The van der Waals surface area contributed by atoms with Gasteiger partial charge >= 0.3 is 13.3 Å². The minimum Gasteiger partial charge on any atom is -0.234 e. The molecule has 2 aromatic carbocycles. The van der Waals surface area contributed by atoms with E-state index in [1.807, 2.05) is 39.0 Å². The third kappa shape index (κ3) is 5.90. The summed E-state index contributed by atoms with van der Waals surface area (Å²) in [7, 11) is -1.81. The topological polar surface area (TPSA) is 34.1 Å². The molecule has 0 saturated heterocycles. The van der Waals surface area contributed by atoms with Crippen LogP contribution in [0.2, 0.25) is 0 Å². The van der Waals surface area contributed by atoms with Crippen molar-refractivity contribution in [2.45, 2.75) is 52.9 Å². The Hall–Kier alpha value is -1.79. The molecule has 0 aromatic heterocycles. The van der Waals surface area contributed by atoms with Crippen molar-refractivity contribution in [2.24, 2.45) is 0 Å². The normalized spacial score (nSPS) is 11.4. The van der Waals surface area contributed by atoms with Gasteiger partial charge in [-0.2, -0.15) is 0 Å². The molecule has 1 unspecified atom stereocenters. The van der Waals surface area contributed by atoms with Crippen LogP contribution in [0.4, 0.5) is 0 Å². The van der Waals surface area contributed by atoms with E-state index in [0.29, 0.717) is 11.7 Å². The molecule has 3 heteroatoms. The molecule has 0 aliphatic carbocycles. The summed E-state index contributed by atoms with van der Waals surface area (Å²) in [6, 6.07) is 14.5. The lowest BCUT2D eigenvalue weighted by atomic mass is 10.0. The van der Waals surface area contributed by atoms with Gasteiger partial charge in [0.05, 0.1) is 5.56 Å². The number of hydrogen-bond acceptors (Lipinski definition) is 2. The Kier molecular flexibility index (Phi) is 7.52. The van der Waals surface area contributed by atoms with Crippen LogP contribution in [0.5, 0.6) is 0 Å². The highest BCUT2D eigenvalue weighted by molar-refractivity contribution is 7.64. The molecule has 25 heavy (non-hydrogen) atoms. The molecule has 0 heterocycles. The fourth-order valence-corrected chi connectivity index (χ4v) is 4.64. The Morgan fingerprint density at radius 1 is 0.880 bits per heavy atom. The van der Waals surface area contributed by atoms with Crippen molar-refractivity contribution in [3.63, 3.8) is 0 Å². The molecule has 0 radical (unpaired) electrons. The first-order chi connectivity index (χ1) is 12.0. The average molecular weight is 355 g/mol. The smallest absolute Gasteiger partial charge is 0.234 e. The monoisotopic (exact) mass is 355 g/mol. The van der Waals surface area contributed by atoms with Gasteiger partial charge in [0.2, 0.25) is 0 Å². The maximum atomic E-state index is 12.5. The van der Waals surface area contributed by atoms with Gasteiger partial charge in [-0.15, -0.1) is 0 Å². The van der Waals surface area contributed by atoms with Crippen LogP contribution in [0.25, 0.3) is 0 Å². The summed E-state index contributed by atoms with van der Waals surface area (Å²) in [6.07, 6.45) is 5.76. The maximum Gasteiger partial charge on any atom is 0.420 e. The molecule has 2 aromatic rings. The Morgan fingerprint density at radius 2 is 1.48 bits per heavy atom. The summed E-state index contributed by atoms with van der Waals surface area (Å²) >= 11 is 0. The molecule has 0 spiro atoms. The van der Waals surface area contributed by atoms with E-state index < -0.39 is 7.80 Å². The van der Waals surface area contributed by atoms with Crippen LogP contribution in [-0.4, -0.2) is 11.7 Å². The molecular formula is C22H28O2P+. The third-order valence-electron chi connectivity index (χ3n) is 4.54. The van der Waals surface area contributed by atoms with E-state index in [0.717, 1.165) is 48.8 Å². The van der Waals surface area contributed by atoms with Gasteiger partial charge in [-0.05, 0) is 63.1 Å². The second-order valence-corrected chi connectivity index (χ2v) is 8.44. The third-order valence-corrected chi connectivity index (χ3v) is 5.94. The Morgan fingerprint density at radius 3 is 2.12 bits per heavy atom. The van der Waals surface area contributed by atoms with Crippen molar-refractivity contribution in [3.05, 3.63) is 70.3 Å². The molecular weight excluding hydrogens is 327 g/mol. The molecule has 0 saturated carbocycles. The maximum absolute atomic E-state index is 12.5. The van der Waals surface area contributed by atoms with Crippen LogP contribution < -0.4 is 0 Å². The van der Waals surface area contributed by atoms with Crippen molar-refractivity contribution in [1.29, 1.82) is 0 Å². The number of carbonyl (C=O) groups is 1. The van der Waals surface area contributed by atoms with E-state index in [1.165, 1.54) is 5.56 Å². The molecule has 132 valence electrons. The number of aryl methyl sites for hydroxylation is 4. The summed E-state index contributed by atoms with van der Waals surface area (Å²) in [5, 5.41) is 0. The standard InChI is InChI=1S/C22H28O2P/c1-17-15-18(2)21(19(3)16-17)22(23)25(24)14-10-5-4-7-11-20-12-8-6-9-13-20/h6,8-9,12-13,15-16H,4-5,7,10-11,14H2,1-3H3/q+1. The first-order valence-corrected chi connectivity index (χ1v) is 10.5. The van der Waals surface area contributed by atoms with Gasteiger partial charge < -0.3 is 0 Å². The van der Waals surface area contributed by atoms with Crippen molar-refractivity contribution in [1.82, 2.24) is 0 Å². The minimum atomic E-state index is -1.81. The Balaban J connectivity index is 1.74. The first kappa shape index (κ1) is 19.5. The van der Waals surface area contributed by atoms with Crippen LogP contribution >= 0.6 is 7.80 Å². The molecule has 2 rings (SSSR count). The zero-order chi connectivity index (χ0) is 18.2. The molecule has 0 fully saturated rings. The van der Waals surface area contributed by atoms with Crippen molar-refractivity contribution >= 4 is 13.3 Å². The largest absolute Gasteiger partial charge is 0.420 e. The van der Waals surface area contributed by atoms with E-state index in [1.54, 1.807) is 0 Å². The lowest BCUT2D eigenvalue weighted by Gasteiger charge is -2.05. The molecule has 0 N–H and O–H groups in total. The number of unbranched alkanes of at least 4 members (excludes halogenated alkanes) is 3. The molecule has 0 amide bonds. The molecule has 0 aliphatic rings. The first-order valence-electron chi connectivity index (χ1n) is 9.10. The van der Waals surface area contributed by atoms with Gasteiger partial charge in [-0.3, -0.25) is 0 Å². The van der Waals surface area contributed by atoms with E-state index in [9.17, 15) is 9.36 Å². The van der Waals surface area contributed by atoms with Gasteiger partial charge in [0.1, 0.15) is 0 Å². The van der Waals surface area contributed by atoms with Gasteiger partial charge in [0.25, 0.3) is 0 Å². The van der Waals surface area contributed by atoms with Crippen LogP contribution in [0.3, 0.4) is 0 Å². The SMILES string of the molecule is Cc1cc(C)c(C(=O)[P+](=O)CCCCCCc2ccccc2)c(C)c1. The fraction of sp³-hybridized carbons (Fsp3) is 0.409. The number of benzene rings is 2. The van der Waals surface area contributed by atoms with Crippen LogP contribution in [0.1, 0.15) is 58.3 Å². The summed E-state index contributed by atoms with van der Waals surface area (Å²) in [5.74, 6) is 0. The zero-order valence-corrected chi connectivity index (χ0v) is 16.4. The highest BCUT2D eigenvalue weighted by atomic mass is 31.1. The second-order valence-electron chi connectivity index (χ2n) is 6.83. The highest BCUT2D eigenvalue weighted by Crippen LogP contribution is 2.32. The average Bonchev–Trinajstić information content (AvgIpc) is 2.57. The predicted molar refractivity (Wildman–Crippen MR) is 106 cm³/mol. The fourth-order valence-electron chi connectivity index (χ4n) is 3.33. The highest BCUT2D eigenvalue weighted by Gasteiger charge is 2.31. The molecule has 1 atom stereocenters. The van der Waals surface area contributed by atoms with Gasteiger partial charge in [-0.25, -0.2) is 4.79 Å². The Labute approximate surface area is 152 Å². The summed E-state index contributed by atoms with van der Waals surface area (Å²) in [6.45, 7) is 5.88. The number of rotatable bonds is 9. The second kappa shape index (κ2) is 9.63. The summed E-state index contributed by atoms with van der Waals surface area (Å²) < 4.78 is 12.4. The van der Waals surface area contributed by atoms with Crippen molar-refractivity contribution in [3.8, 4) is 0 Å². The number of carbonyl (C=O) groups excluding carboxylic acids is 1. The quantitative estimate of drug-likeness (QED) is 0.386.